The molecule has 0 spiro atoms. The zero-order valence-corrected chi connectivity index (χ0v) is 19.3. The molecule has 2 atom stereocenters. The van der Waals surface area contributed by atoms with E-state index in [0.717, 1.165) is 54.0 Å². The van der Waals surface area contributed by atoms with Crippen molar-refractivity contribution in [2.24, 2.45) is 5.41 Å². The van der Waals surface area contributed by atoms with Gasteiger partial charge in [-0.05, 0) is 79.6 Å². The molecule has 2 aliphatic carbocycles. The maximum atomic E-state index is 13.4. The van der Waals surface area contributed by atoms with E-state index in [2.05, 4.69) is 24.2 Å². The lowest BCUT2D eigenvalue weighted by Gasteiger charge is -2.43. The molecule has 0 unspecified atom stereocenters. The number of β-lactam (4-membered cyclic amide) rings is 1. The maximum Gasteiger partial charge on any atom is 0.228 e. The minimum atomic E-state index is -0.833. The van der Waals surface area contributed by atoms with Crippen LogP contribution >= 0.6 is 0 Å². The van der Waals surface area contributed by atoms with Crippen molar-refractivity contribution in [2.45, 2.75) is 51.0 Å². The van der Waals surface area contributed by atoms with Crippen LogP contribution in [0.3, 0.4) is 0 Å². The summed E-state index contributed by atoms with van der Waals surface area (Å²) >= 11 is 0. The van der Waals surface area contributed by atoms with Gasteiger partial charge < -0.3 is 10.0 Å². The van der Waals surface area contributed by atoms with Gasteiger partial charge in [-0.15, -0.1) is 0 Å². The number of hydrogen-bond acceptors (Lipinski definition) is 3. The van der Waals surface area contributed by atoms with Crippen molar-refractivity contribution in [2.75, 3.05) is 11.4 Å². The molecule has 6 heteroatoms. The lowest BCUT2D eigenvalue weighted by molar-refractivity contribution is -0.122. The standard InChI is InChI=1S/C28H28FN3O2/c1-27-17-20-18-30-32(23-8-6-22(29)7-9-23)25(20)16-21(27)11-14-28(27,34)13-10-19-4-2-3-5-24(19)31-15-12-26(31)33/h2-9,16,18,34H,10-15,17H2,1H3/t27-,28-/m0/s1. The van der Waals surface area contributed by atoms with Gasteiger partial charge in [-0.3, -0.25) is 4.79 Å². The number of nitrogens with zero attached hydrogens (tertiary/aromatic N) is 3. The van der Waals surface area contributed by atoms with E-state index < -0.39 is 5.60 Å². The monoisotopic (exact) mass is 457 g/mol. The Morgan fingerprint density at radius 2 is 1.91 bits per heavy atom. The highest BCUT2D eigenvalue weighted by atomic mass is 19.1. The number of carbonyl (C=O) groups excluding carboxylic acids is 1. The highest BCUT2D eigenvalue weighted by molar-refractivity contribution is 6.00. The predicted molar refractivity (Wildman–Crippen MR) is 129 cm³/mol. The van der Waals surface area contributed by atoms with Gasteiger partial charge in [-0.25, -0.2) is 9.07 Å². The van der Waals surface area contributed by atoms with Gasteiger partial charge in [0.25, 0.3) is 0 Å². The quantitative estimate of drug-likeness (QED) is 0.557. The summed E-state index contributed by atoms with van der Waals surface area (Å²) < 4.78 is 15.3. The second-order valence-corrected chi connectivity index (χ2v) is 10.1. The topological polar surface area (TPSA) is 58.4 Å². The third kappa shape index (κ3) is 3.16. The molecule has 2 heterocycles. The van der Waals surface area contributed by atoms with Crippen molar-refractivity contribution in [1.82, 2.24) is 9.78 Å². The van der Waals surface area contributed by atoms with E-state index in [1.54, 1.807) is 12.1 Å². The van der Waals surface area contributed by atoms with Crippen LogP contribution in [0.1, 0.15) is 49.4 Å². The molecule has 0 radical (unpaired) electrons. The summed E-state index contributed by atoms with van der Waals surface area (Å²) in [4.78, 5) is 13.9. The number of amides is 1. The van der Waals surface area contributed by atoms with Crippen molar-refractivity contribution >= 4 is 17.7 Å². The summed E-state index contributed by atoms with van der Waals surface area (Å²) in [5.41, 5.74) is 5.09. The van der Waals surface area contributed by atoms with Crippen LogP contribution in [0.2, 0.25) is 0 Å². The van der Waals surface area contributed by atoms with E-state index in [1.165, 1.54) is 17.7 Å². The molecule has 0 bridgehead atoms. The molecule has 174 valence electrons. The summed E-state index contributed by atoms with van der Waals surface area (Å²) in [6, 6.07) is 14.4. The Hall–Kier alpha value is -3.25. The molecule has 1 amide bonds. The van der Waals surface area contributed by atoms with E-state index >= 15 is 0 Å². The number of aliphatic hydroxyl groups is 1. The molecule has 1 aliphatic heterocycles. The Labute approximate surface area is 198 Å². The van der Waals surface area contributed by atoms with Crippen LogP contribution in [-0.2, 0) is 17.6 Å². The predicted octanol–water partition coefficient (Wildman–Crippen LogP) is 4.85. The molecule has 2 fully saturated rings. The highest BCUT2D eigenvalue weighted by Gasteiger charge is 2.54. The fourth-order valence-electron chi connectivity index (χ4n) is 6.02. The molecule has 1 saturated carbocycles. The molecule has 1 saturated heterocycles. The first kappa shape index (κ1) is 21.3. The summed E-state index contributed by atoms with van der Waals surface area (Å²) in [6.45, 7) is 2.94. The lowest BCUT2D eigenvalue weighted by atomic mass is 9.65. The molecular weight excluding hydrogens is 429 g/mol. The smallest absolute Gasteiger partial charge is 0.228 e. The average molecular weight is 458 g/mol. The molecular formula is C28H28FN3O2. The first-order valence-electron chi connectivity index (χ1n) is 12.0. The third-order valence-electron chi connectivity index (χ3n) is 8.30. The number of aryl methyl sites for hydroxylation is 1. The molecule has 1 N–H and O–H groups in total. The SMILES string of the molecule is C[C@]12Cc3cnn(-c4ccc(F)cc4)c3C=C1CC[C@@]2(O)CCc1ccccc1N1CCC1=O. The fraction of sp³-hybridized carbons (Fsp3) is 0.357. The van der Waals surface area contributed by atoms with Crippen molar-refractivity contribution in [3.63, 3.8) is 0 Å². The van der Waals surface area contributed by atoms with Crippen LogP contribution in [0.25, 0.3) is 11.8 Å². The van der Waals surface area contributed by atoms with E-state index in [0.29, 0.717) is 19.3 Å². The molecule has 5 nitrogen and oxygen atoms in total. The number of hydrogen-bond donors (Lipinski definition) is 1. The Kier molecular flexibility index (Phi) is 4.78. The van der Waals surface area contributed by atoms with Crippen LogP contribution in [0.4, 0.5) is 10.1 Å². The molecule has 1 aromatic heterocycles. The minimum Gasteiger partial charge on any atom is -0.389 e. The van der Waals surface area contributed by atoms with Crippen LogP contribution in [0.15, 0.2) is 60.3 Å². The number of carbonyl (C=O) groups is 1. The Morgan fingerprint density at radius 1 is 1.12 bits per heavy atom. The first-order valence-corrected chi connectivity index (χ1v) is 12.0. The van der Waals surface area contributed by atoms with Gasteiger partial charge in [0.1, 0.15) is 5.82 Å². The Morgan fingerprint density at radius 3 is 2.65 bits per heavy atom. The highest BCUT2D eigenvalue weighted by Crippen LogP contribution is 2.57. The van der Waals surface area contributed by atoms with E-state index in [9.17, 15) is 14.3 Å². The van der Waals surface area contributed by atoms with Crippen molar-refractivity contribution in [3.05, 3.63) is 82.9 Å². The number of rotatable bonds is 5. The fourth-order valence-corrected chi connectivity index (χ4v) is 6.02. The van der Waals surface area contributed by atoms with Gasteiger partial charge in [0.2, 0.25) is 5.91 Å². The number of para-hydroxylation sites is 1. The lowest BCUT2D eigenvalue weighted by Crippen LogP contribution is -2.46. The number of anilines is 1. The van der Waals surface area contributed by atoms with Gasteiger partial charge in [-0.2, -0.15) is 5.10 Å². The van der Waals surface area contributed by atoms with Crippen molar-refractivity contribution < 1.29 is 14.3 Å². The summed E-state index contributed by atoms with van der Waals surface area (Å²) in [5.74, 6) is -0.0983. The van der Waals surface area contributed by atoms with Gasteiger partial charge in [0.05, 0.1) is 23.2 Å². The van der Waals surface area contributed by atoms with Gasteiger partial charge in [0, 0.05) is 24.1 Å². The largest absolute Gasteiger partial charge is 0.389 e. The second-order valence-electron chi connectivity index (χ2n) is 10.1. The van der Waals surface area contributed by atoms with Gasteiger partial charge in [-0.1, -0.05) is 30.7 Å². The third-order valence-corrected chi connectivity index (χ3v) is 8.30. The molecule has 2 aromatic carbocycles. The number of benzene rings is 2. The van der Waals surface area contributed by atoms with Crippen LogP contribution in [0, 0.1) is 11.2 Å². The molecule has 3 aliphatic rings. The van der Waals surface area contributed by atoms with Crippen LogP contribution in [-0.4, -0.2) is 32.9 Å². The van der Waals surface area contributed by atoms with E-state index in [-0.39, 0.29) is 17.1 Å². The molecule has 34 heavy (non-hydrogen) atoms. The van der Waals surface area contributed by atoms with E-state index in [4.69, 9.17) is 0 Å². The van der Waals surface area contributed by atoms with Crippen LogP contribution in [0.5, 0.6) is 0 Å². The van der Waals surface area contributed by atoms with Crippen molar-refractivity contribution in [3.8, 4) is 5.69 Å². The minimum absolute atomic E-state index is 0.169. The van der Waals surface area contributed by atoms with Crippen molar-refractivity contribution in [1.29, 1.82) is 0 Å². The van der Waals surface area contributed by atoms with Gasteiger partial charge in [0.15, 0.2) is 0 Å². The number of aromatic nitrogens is 2. The number of fused-ring (bicyclic) bond motifs is 2. The van der Waals surface area contributed by atoms with Crippen LogP contribution < -0.4 is 4.90 Å². The molecule has 3 aromatic rings. The second kappa shape index (κ2) is 7.64. The van der Waals surface area contributed by atoms with Gasteiger partial charge >= 0.3 is 0 Å². The van der Waals surface area contributed by atoms with E-state index in [1.807, 2.05) is 34.0 Å². The summed E-state index contributed by atoms with van der Waals surface area (Å²) in [5, 5.41) is 16.5. The summed E-state index contributed by atoms with van der Waals surface area (Å²) in [6.07, 6.45) is 8.31. The maximum absolute atomic E-state index is 13.4. The summed E-state index contributed by atoms with van der Waals surface area (Å²) in [7, 11) is 0. The number of halogens is 1. The molecule has 6 rings (SSSR count). The zero-order chi connectivity index (χ0) is 23.5. The Balaban J connectivity index is 1.27. The normalized spacial score (nSPS) is 25.6. The average Bonchev–Trinajstić information content (AvgIpc) is 3.34. The first-order chi connectivity index (χ1) is 16.4. The zero-order valence-electron chi connectivity index (χ0n) is 19.3. The Bertz CT molecular complexity index is 1310.